The number of nitrogens with one attached hydrogen (secondary N) is 1. The van der Waals surface area contributed by atoms with Crippen molar-refractivity contribution >= 4 is 0 Å². The van der Waals surface area contributed by atoms with Crippen LogP contribution in [0.2, 0.25) is 0 Å². The maximum Gasteiger partial charge on any atom is 0.00871 e. The lowest BCUT2D eigenvalue weighted by atomic mass is 9.92. The molecule has 0 aliphatic carbocycles. The zero-order chi connectivity index (χ0) is 11.9. The minimum absolute atomic E-state index is 0.368. The van der Waals surface area contributed by atoms with Crippen molar-refractivity contribution in [3.8, 4) is 0 Å². The van der Waals surface area contributed by atoms with Crippen molar-refractivity contribution in [3.05, 3.63) is 0 Å². The van der Waals surface area contributed by atoms with Crippen LogP contribution in [-0.2, 0) is 0 Å². The van der Waals surface area contributed by atoms with E-state index >= 15 is 0 Å². The highest BCUT2D eigenvalue weighted by Crippen LogP contribution is 2.18. The Kier molecular flexibility index (Phi) is 7.20. The molecule has 2 nitrogen and oxygen atoms in total. The Hall–Kier alpha value is -0.0800. The fourth-order valence-electron chi connectivity index (χ4n) is 2.24. The molecular weight excluding hydrogens is 184 g/mol. The molecule has 0 aromatic carbocycles. The number of hydrogen-bond donors (Lipinski definition) is 1. The van der Waals surface area contributed by atoms with Gasteiger partial charge in [-0.2, -0.15) is 0 Å². The summed E-state index contributed by atoms with van der Waals surface area (Å²) in [5.41, 5.74) is 0.368. The molecule has 0 fully saturated rings. The predicted molar refractivity (Wildman–Crippen MR) is 69.3 cm³/mol. The van der Waals surface area contributed by atoms with Gasteiger partial charge in [-0.15, -0.1) is 0 Å². The first-order valence-corrected chi connectivity index (χ1v) is 6.37. The first-order valence-electron chi connectivity index (χ1n) is 6.37. The predicted octanol–water partition coefficient (Wildman–Crippen LogP) is 2.74. The van der Waals surface area contributed by atoms with Crippen LogP contribution in [0.5, 0.6) is 0 Å². The minimum Gasteiger partial charge on any atom is -0.316 e. The van der Waals surface area contributed by atoms with Crippen LogP contribution >= 0.6 is 0 Å². The van der Waals surface area contributed by atoms with E-state index in [4.69, 9.17) is 0 Å². The monoisotopic (exact) mass is 214 g/mol. The molecule has 0 atom stereocenters. The summed E-state index contributed by atoms with van der Waals surface area (Å²) in [6.45, 7) is 14.8. The van der Waals surface area contributed by atoms with Crippen LogP contribution in [0.1, 0.15) is 47.5 Å². The van der Waals surface area contributed by atoms with Crippen LogP contribution < -0.4 is 5.32 Å². The van der Waals surface area contributed by atoms with Crippen molar-refractivity contribution in [2.45, 2.75) is 53.5 Å². The Labute approximate surface area is 96.4 Å². The minimum atomic E-state index is 0.368. The van der Waals surface area contributed by atoms with Crippen LogP contribution in [0, 0.1) is 5.41 Å². The second kappa shape index (κ2) is 7.24. The third-order valence-electron chi connectivity index (χ3n) is 3.10. The molecule has 0 rings (SSSR count). The molecule has 15 heavy (non-hydrogen) atoms. The van der Waals surface area contributed by atoms with Crippen molar-refractivity contribution < 1.29 is 0 Å². The summed E-state index contributed by atoms with van der Waals surface area (Å²) >= 11 is 0. The van der Waals surface area contributed by atoms with Crippen LogP contribution in [-0.4, -0.2) is 37.6 Å². The number of nitrogens with zero attached hydrogens (tertiary/aromatic N) is 1. The Bertz CT molecular complexity index is 151. The van der Waals surface area contributed by atoms with E-state index < -0.39 is 0 Å². The third kappa shape index (κ3) is 6.16. The summed E-state index contributed by atoms with van der Waals surface area (Å²) in [5.74, 6) is 0. The van der Waals surface area contributed by atoms with Gasteiger partial charge in [-0.25, -0.2) is 0 Å². The van der Waals surface area contributed by atoms with Crippen LogP contribution in [0.15, 0.2) is 0 Å². The van der Waals surface area contributed by atoms with E-state index in [1.165, 1.54) is 19.4 Å². The van der Waals surface area contributed by atoms with Gasteiger partial charge in [0.1, 0.15) is 0 Å². The maximum absolute atomic E-state index is 3.44. The standard InChI is InChI=1S/C13H30N2/c1-7-12(8-2)15(6)11-13(4,5)10-14-9-3/h12,14H,7-11H2,1-6H3. The normalized spacial score (nSPS) is 12.8. The van der Waals surface area contributed by atoms with Gasteiger partial charge in [0.05, 0.1) is 0 Å². The molecule has 0 saturated heterocycles. The molecule has 2 heteroatoms. The van der Waals surface area contributed by atoms with Crippen molar-refractivity contribution in [2.24, 2.45) is 5.41 Å². The molecule has 0 heterocycles. The topological polar surface area (TPSA) is 15.3 Å². The van der Waals surface area contributed by atoms with E-state index in [0.29, 0.717) is 5.41 Å². The van der Waals surface area contributed by atoms with E-state index in [1.54, 1.807) is 0 Å². The second-order valence-electron chi connectivity index (χ2n) is 5.33. The van der Waals surface area contributed by atoms with Gasteiger partial charge in [0.15, 0.2) is 0 Å². The lowest BCUT2D eigenvalue weighted by molar-refractivity contribution is 0.151. The van der Waals surface area contributed by atoms with E-state index in [0.717, 1.165) is 19.1 Å². The van der Waals surface area contributed by atoms with Gasteiger partial charge >= 0.3 is 0 Å². The summed E-state index contributed by atoms with van der Waals surface area (Å²) in [4.78, 5) is 2.51. The molecule has 0 aliphatic heterocycles. The molecule has 0 unspecified atom stereocenters. The molecule has 0 radical (unpaired) electrons. The fraction of sp³-hybridized carbons (Fsp3) is 1.00. The molecule has 0 spiro atoms. The summed E-state index contributed by atoms with van der Waals surface area (Å²) in [6.07, 6.45) is 2.51. The smallest absolute Gasteiger partial charge is 0.00871 e. The summed E-state index contributed by atoms with van der Waals surface area (Å²) in [7, 11) is 2.26. The molecule has 0 aromatic heterocycles. The molecule has 0 aliphatic rings. The van der Waals surface area contributed by atoms with E-state index in [1.807, 2.05) is 0 Å². The Morgan fingerprint density at radius 2 is 1.67 bits per heavy atom. The van der Waals surface area contributed by atoms with Crippen molar-refractivity contribution in [3.63, 3.8) is 0 Å². The van der Waals surface area contributed by atoms with E-state index in [-0.39, 0.29) is 0 Å². The van der Waals surface area contributed by atoms with Gasteiger partial charge in [0.2, 0.25) is 0 Å². The molecule has 1 N–H and O–H groups in total. The maximum atomic E-state index is 3.44. The van der Waals surface area contributed by atoms with Crippen molar-refractivity contribution in [1.82, 2.24) is 10.2 Å². The average molecular weight is 214 g/mol. The van der Waals surface area contributed by atoms with Gasteiger partial charge in [-0.3, -0.25) is 0 Å². The van der Waals surface area contributed by atoms with Crippen molar-refractivity contribution in [2.75, 3.05) is 26.7 Å². The summed E-state index contributed by atoms with van der Waals surface area (Å²) < 4.78 is 0. The fourth-order valence-corrected chi connectivity index (χ4v) is 2.24. The highest BCUT2D eigenvalue weighted by atomic mass is 15.1. The molecule has 92 valence electrons. The van der Waals surface area contributed by atoms with Crippen LogP contribution in [0.3, 0.4) is 0 Å². The van der Waals surface area contributed by atoms with Gasteiger partial charge < -0.3 is 10.2 Å². The lowest BCUT2D eigenvalue weighted by Crippen LogP contribution is -2.42. The Morgan fingerprint density at radius 1 is 1.13 bits per heavy atom. The molecule has 0 saturated carbocycles. The molecule has 0 bridgehead atoms. The average Bonchev–Trinajstić information content (AvgIpc) is 2.16. The van der Waals surface area contributed by atoms with E-state index in [9.17, 15) is 0 Å². The third-order valence-corrected chi connectivity index (χ3v) is 3.10. The van der Waals surface area contributed by atoms with Gasteiger partial charge in [-0.05, 0) is 31.8 Å². The quantitative estimate of drug-likeness (QED) is 0.668. The van der Waals surface area contributed by atoms with Gasteiger partial charge in [0, 0.05) is 19.1 Å². The van der Waals surface area contributed by atoms with Gasteiger partial charge in [0.25, 0.3) is 0 Å². The van der Waals surface area contributed by atoms with Gasteiger partial charge in [-0.1, -0.05) is 34.6 Å². The zero-order valence-corrected chi connectivity index (χ0v) is 11.6. The largest absolute Gasteiger partial charge is 0.316 e. The van der Waals surface area contributed by atoms with Crippen molar-refractivity contribution in [1.29, 1.82) is 0 Å². The summed E-state index contributed by atoms with van der Waals surface area (Å²) in [6, 6.07) is 0.742. The van der Waals surface area contributed by atoms with E-state index in [2.05, 4.69) is 51.9 Å². The lowest BCUT2D eigenvalue weighted by Gasteiger charge is -2.34. The molecule has 0 amide bonds. The SMILES string of the molecule is CCNCC(C)(C)CN(C)C(CC)CC. The highest BCUT2D eigenvalue weighted by molar-refractivity contribution is 4.77. The van der Waals surface area contributed by atoms with Crippen LogP contribution in [0.25, 0.3) is 0 Å². The Morgan fingerprint density at radius 3 is 2.07 bits per heavy atom. The zero-order valence-electron chi connectivity index (χ0n) is 11.6. The highest BCUT2D eigenvalue weighted by Gasteiger charge is 2.22. The molecule has 0 aromatic rings. The second-order valence-corrected chi connectivity index (χ2v) is 5.33. The number of rotatable bonds is 8. The van der Waals surface area contributed by atoms with Crippen LogP contribution in [0.4, 0.5) is 0 Å². The Balaban J connectivity index is 4.06. The molecular formula is C13H30N2. The first-order chi connectivity index (χ1) is 6.96. The summed E-state index contributed by atoms with van der Waals surface area (Å²) in [5, 5.41) is 3.44. The number of hydrogen-bond acceptors (Lipinski definition) is 2. The first kappa shape index (κ1) is 14.9.